The zero-order valence-corrected chi connectivity index (χ0v) is 9.41. The van der Waals surface area contributed by atoms with Crippen LogP contribution >= 0.6 is 11.3 Å². The number of thiophene rings is 1. The molecule has 0 aromatic carbocycles. The number of aromatic nitrogens is 2. The van der Waals surface area contributed by atoms with E-state index in [1.165, 1.54) is 4.88 Å². The lowest BCUT2D eigenvalue weighted by Crippen LogP contribution is -2.04. The van der Waals surface area contributed by atoms with Gasteiger partial charge < -0.3 is 9.63 Å². The van der Waals surface area contributed by atoms with Crippen molar-refractivity contribution in [2.45, 2.75) is 26.4 Å². The molecule has 5 heteroatoms. The normalized spacial score (nSPS) is 13.0. The first-order chi connectivity index (χ1) is 7.15. The van der Waals surface area contributed by atoms with Crippen LogP contribution in [0, 0.1) is 6.92 Å². The fourth-order valence-electron chi connectivity index (χ4n) is 1.25. The van der Waals surface area contributed by atoms with Crippen molar-refractivity contribution in [1.82, 2.24) is 10.1 Å². The lowest BCUT2D eigenvalue weighted by atomic mass is 10.3. The molecule has 0 saturated carbocycles. The first-order valence-corrected chi connectivity index (χ1v) is 5.54. The van der Waals surface area contributed by atoms with E-state index >= 15 is 0 Å². The number of rotatable bonds is 3. The third-order valence-corrected chi connectivity index (χ3v) is 2.90. The predicted molar refractivity (Wildman–Crippen MR) is 57.7 cm³/mol. The van der Waals surface area contributed by atoms with Gasteiger partial charge in [0.15, 0.2) is 0 Å². The van der Waals surface area contributed by atoms with Crippen LogP contribution in [0.4, 0.5) is 0 Å². The molecule has 2 aromatic heterocycles. The first kappa shape index (κ1) is 10.3. The molecule has 80 valence electrons. The molecule has 0 spiro atoms. The van der Waals surface area contributed by atoms with Crippen molar-refractivity contribution in [3.8, 4) is 10.7 Å². The SMILES string of the molecule is Cc1ccc(-c2noc(CC(C)O)n2)s1. The number of aryl methyl sites for hydroxylation is 1. The van der Waals surface area contributed by atoms with Crippen LogP contribution in [0.15, 0.2) is 16.7 Å². The summed E-state index contributed by atoms with van der Waals surface area (Å²) in [6.45, 7) is 3.73. The van der Waals surface area contributed by atoms with E-state index < -0.39 is 6.10 Å². The molecule has 0 radical (unpaired) electrons. The Hall–Kier alpha value is -1.20. The maximum absolute atomic E-state index is 9.16. The summed E-state index contributed by atoms with van der Waals surface area (Å²) in [7, 11) is 0. The highest BCUT2D eigenvalue weighted by Gasteiger charge is 2.11. The molecule has 4 nitrogen and oxygen atoms in total. The molecule has 15 heavy (non-hydrogen) atoms. The summed E-state index contributed by atoms with van der Waals surface area (Å²) in [4.78, 5) is 6.41. The van der Waals surface area contributed by atoms with E-state index in [0.717, 1.165) is 4.88 Å². The molecule has 1 N–H and O–H groups in total. The Kier molecular flexibility index (Phi) is 2.83. The molecule has 0 aliphatic rings. The minimum Gasteiger partial charge on any atom is -0.393 e. The Morgan fingerprint density at radius 3 is 2.93 bits per heavy atom. The van der Waals surface area contributed by atoms with Crippen LogP contribution in [-0.2, 0) is 6.42 Å². The maximum Gasteiger partial charge on any atom is 0.229 e. The van der Waals surface area contributed by atoms with Gasteiger partial charge in [-0.2, -0.15) is 4.98 Å². The number of nitrogens with zero attached hydrogens (tertiary/aromatic N) is 2. The van der Waals surface area contributed by atoms with Gasteiger partial charge in [0.05, 0.1) is 17.4 Å². The van der Waals surface area contributed by atoms with E-state index in [1.807, 2.05) is 19.1 Å². The lowest BCUT2D eigenvalue weighted by molar-refractivity contribution is 0.181. The Morgan fingerprint density at radius 1 is 1.53 bits per heavy atom. The third-order valence-electron chi connectivity index (χ3n) is 1.90. The summed E-state index contributed by atoms with van der Waals surface area (Å²) in [6, 6.07) is 3.99. The van der Waals surface area contributed by atoms with Gasteiger partial charge in [0, 0.05) is 4.88 Å². The highest BCUT2D eigenvalue weighted by Crippen LogP contribution is 2.25. The van der Waals surface area contributed by atoms with Crippen LogP contribution < -0.4 is 0 Å². The Labute approximate surface area is 91.6 Å². The van der Waals surface area contributed by atoms with E-state index in [2.05, 4.69) is 10.1 Å². The molecule has 0 saturated heterocycles. The van der Waals surface area contributed by atoms with Crippen molar-refractivity contribution < 1.29 is 9.63 Å². The van der Waals surface area contributed by atoms with Crippen LogP contribution in [0.2, 0.25) is 0 Å². The van der Waals surface area contributed by atoms with Gasteiger partial charge in [-0.05, 0) is 26.0 Å². The molecule has 0 aliphatic carbocycles. The van der Waals surface area contributed by atoms with Crippen molar-refractivity contribution in [2.24, 2.45) is 0 Å². The highest BCUT2D eigenvalue weighted by atomic mass is 32.1. The van der Waals surface area contributed by atoms with Gasteiger partial charge in [0.2, 0.25) is 11.7 Å². The molecule has 0 aliphatic heterocycles. The Balaban J connectivity index is 2.20. The number of hydrogen-bond donors (Lipinski definition) is 1. The van der Waals surface area contributed by atoms with E-state index in [-0.39, 0.29) is 0 Å². The molecule has 2 aromatic rings. The second-order valence-electron chi connectivity index (χ2n) is 3.48. The van der Waals surface area contributed by atoms with Crippen LogP contribution in [0.1, 0.15) is 17.7 Å². The molecule has 0 fully saturated rings. The summed E-state index contributed by atoms with van der Waals surface area (Å²) < 4.78 is 5.02. The average molecular weight is 224 g/mol. The monoisotopic (exact) mass is 224 g/mol. The largest absolute Gasteiger partial charge is 0.393 e. The second kappa shape index (κ2) is 4.12. The van der Waals surface area contributed by atoms with Crippen molar-refractivity contribution in [3.05, 3.63) is 22.9 Å². The Bertz CT molecular complexity index is 448. The second-order valence-corrected chi connectivity index (χ2v) is 4.76. The number of aliphatic hydroxyl groups is 1. The summed E-state index contributed by atoms with van der Waals surface area (Å²) in [5.74, 6) is 1.08. The topological polar surface area (TPSA) is 59.2 Å². The summed E-state index contributed by atoms with van der Waals surface area (Å²) in [6.07, 6.45) is -0.0551. The zero-order chi connectivity index (χ0) is 10.8. The molecular formula is C10H12N2O2S. The van der Waals surface area contributed by atoms with E-state index in [9.17, 15) is 0 Å². The summed E-state index contributed by atoms with van der Waals surface area (Å²) >= 11 is 1.63. The van der Waals surface area contributed by atoms with Crippen molar-refractivity contribution in [1.29, 1.82) is 0 Å². The van der Waals surface area contributed by atoms with Gasteiger partial charge in [0.1, 0.15) is 0 Å². The molecule has 1 atom stereocenters. The van der Waals surface area contributed by atoms with Gasteiger partial charge in [-0.3, -0.25) is 0 Å². The van der Waals surface area contributed by atoms with Gasteiger partial charge >= 0.3 is 0 Å². The zero-order valence-electron chi connectivity index (χ0n) is 8.60. The average Bonchev–Trinajstić information content (AvgIpc) is 2.72. The first-order valence-electron chi connectivity index (χ1n) is 4.72. The minimum absolute atomic E-state index is 0.400. The summed E-state index contributed by atoms with van der Waals surface area (Å²) in [5.41, 5.74) is 0. The van der Waals surface area contributed by atoms with Crippen LogP contribution in [0.5, 0.6) is 0 Å². The molecule has 0 bridgehead atoms. The van der Waals surface area contributed by atoms with Gasteiger partial charge in [-0.15, -0.1) is 11.3 Å². The Morgan fingerprint density at radius 2 is 2.33 bits per heavy atom. The van der Waals surface area contributed by atoms with Crippen LogP contribution in [-0.4, -0.2) is 21.4 Å². The van der Waals surface area contributed by atoms with Gasteiger partial charge in [-0.1, -0.05) is 5.16 Å². The maximum atomic E-state index is 9.16. The minimum atomic E-state index is -0.455. The predicted octanol–water partition coefficient (Wildman–Crippen LogP) is 2.03. The summed E-state index contributed by atoms with van der Waals surface area (Å²) in [5, 5.41) is 13.0. The molecule has 2 rings (SSSR count). The van der Waals surface area contributed by atoms with E-state index in [1.54, 1.807) is 18.3 Å². The fourth-order valence-corrected chi connectivity index (χ4v) is 2.04. The van der Waals surface area contributed by atoms with Crippen LogP contribution in [0.3, 0.4) is 0 Å². The molecule has 0 amide bonds. The van der Waals surface area contributed by atoms with Gasteiger partial charge in [-0.25, -0.2) is 0 Å². The van der Waals surface area contributed by atoms with Crippen LogP contribution in [0.25, 0.3) is 10.7 Å². The lowest BCUT2D eigenvalue weighted by Gasteiger charge is -1.95. The fraction of sp³-hybridized carbons (Fsp3) is 0.400. The van der Waals surface area contributed by atoms with Gasteiger partial charge in [0.25, 0.3) is 0 Å². The third kappa shape index (κ3) is 2.43. The number of hydrogen-bond acceptors (Lipinski definition) is 5. The number of aliphatic hydroxyl groups excluding tert-OH is 1. The molecule has 1 unspecified atom stereocenters. The van der Waals surface area contributed by atoms with Crippen molar-refractivity contribution in [2.75, 3.05) is 0 Å². The smallest absolute Gasteiger partial charge is 0.229 e. The molecular weight excluding hydrogens is 212 g/mol. The van der Waals surface area contributed by atoms with E-state index in [0.29, 0.717) is 18.1 Å². The standard InChI is InChI=1S/C10H12N2O2S/c1-6(13)5-9-11-10(12-14-9)8-4-3-7(2)15-8/h3-4,6,13H,5H2,1-2H3. The quantitative estimate of drug-likeness (QED) is 0.866. The van der Waals surface area contributed by atoms with Crippen molar-refractivity contribution >= 4 is 11.3 Å². The van der Waals surface area contributed by atoms with E-state index in [4.69, 9.17) is 9.63 Å². The highest BCUT2D eigenvalue weighted by molar-refractivity contribution is 7.15. The molecule has 2 heterocycles. The van der Waals surface area contributed by atoms with Crippen molar-refractivity contribution in [3.63, 3.8) is 0 Å².